The number of carbonyl (C=O) groups excluding carboxylic acids is 1. The van der Waals surface area contributed by atoms with Gasteiger partial charge in [-0.3, -0.25) is 4.79 Å². The fourth-order valence-corrected chi connectivity index (χ4v) is 2.67. The molecule has 2 aromatic rings. The molecule has 0 bridgehead atoms. The maximum atomic E-state index is 12.2. The Hall–Kier alpha value is -2.62. The van der Waals surface area contributed by atoms with Crippen molar-refractivity contribution in [3.8, 4) is 5.75 Å². The number of hydrogen-bond acceptors (Lipinski definition) is 3. The first-order valence-corrected chi connectivity index (χ1v) is 7.72. The SMILES string of the molecule is COc1ccc(/C(C)=N\NC(=O)[C@@H]2C[C@H]2c2ccccc2)cc1. The van der Waals surface area contributed by atoms with Crippen LogP contribution in [-0.4, -0.2) is 18.7 Å². The standard InChI is InChI=1S/C19H20N2O2/c1-13(14-8-10-16(23-2)11-9-14)20-21-19(22)18-12-17(18)15-6-4-3-5-7-15/h3-11,17-18H,12H2,1-2H3,(H,21,22)/b20-13-/t17-,18+/m0/s1. The average Bonchev–Trinajstić information content (AvgIpc) is 3.41. The van der Waals surface area contributed by atoms with Crippen molar-refractivity contribution >= 4 is 11.6 Å². The molecular weight excluding hydrogens is 288 g/mol. The summed E-state index contributed by atoms with van der Waals surface area (Å²) in [5, 5.41) is 4.22. The van der Waals surface area contributed by atoms with E-state index in [0.717, 1.165) is 23.4 Å². The van der Waals surface area contributed by atoms with Crippen LogP contribution in [0.25, 0.3) is 0 Å². The first-order chi connectivity index (χ1) is 11.2. The third kappa shape index (κ3) is 3.59. The summed E-state index contributed by atoms with van der Waals surface area (Å²) in [6.07, 6.45) is 0.896. The van der Waals surface area contributed by atoms with Gasteiger partial charge in [0.2, 0.25) is 5.91 Å². The molecule has 0 aromatic heterocycles. The Morgan fingerprint density at radius 2 is 1.83 bits per heavy atom. The first kappa shape index (κ1) is 15.3. The van der Waals surface area contributed by atoms with E-state index in [1.165, 1.54) is 5.56 Å². The molecule has 1 fully saturated rings. The Kier molecular flexibility index (Phi) is 4.42. The molecule has 1 saturated carbocycles. The van der Waals surface area contributed by atoms with Gasteiger partial charge >= 0.3 is 0 Å². The van der Waals surface area contributed by atoms with Crippen LogP contribution in [0.15, 0.2) is 59.7 Å². The quantitative estimate of drug-likeness (QED) is 0.680. The fraction of sp³-hybridized carbons (Fsp3) is 0.263. The van der Waals surface area contributed by atoms with Crippen LogP contribution in [0.1, 0.15) is 30.4 Å². The lowest BCUT2D eigenvalue weighted by atomic mass is 10.1. The molecule has 0 unspecified atom stereocenters. The molecule has 118 valence electrons. The summed E-state index contributed by atoms with van der Waals surface area (Å²) in [5.74, 6) is 1.15. The molecule has 1 N–H and O–H groups in total. The van der Waals surface area contributed by atoms with E-state index in [0.29, 0.717) is 5.92 Å². The molecule has 0 aliphatic heterocycles. The van der Waals surface area contributed by atoms with E-state index in [9.17, 15) is 4.79 Å². The largest absolute Gasteiger partial charge is 0.497 e. The van der Waals surface area contributed by atoms with Gasteiger partial charge in [0.15, 0.2) is 0 Å². The number of amides is 1. The second-order valence-electron chi connectivity index (χ2n) is 5.76. The van der Waals surface area contributed by atoms with E-state index in [2.05, 4.69) is 22.7 Å². The number of rotatable bonds is 5. The summed E-state index contributed by atoms with van der Waals surface area (Å²) in [6.45, 7) is 1.88. The van der Waals surface area contributed by atoms with E-state index in [1.54, 1.807) is 7.11 Å². The molecule has 1 aliphatic rings. The molecule has 2 aromatic carbocycles. The van der Waals surface area contributed by atoms with Crippen molar-refractivity contribution in [3.05, 3.63) is 65.7 Å². The predicted molar refractivity (Wildman–Crippen MR) is 90.6 cm³/mol. The zero-order valence-corrected chi connectivity index (χ0v) is 13.3. The Morgan fingerprint density at radius 3 is 2.48 bits per heavy atom. The molecule has 4 heteroatoms. The molecule has 2 atom stereocenters. The third-order valence-corrected chi connectivity index (χ3v) is 4.20. The Morgan fingerprint density at radius 1 is 1.13 bits per heavy atom. The number of ether oxygens (including phenoxy) is 1. The van der Waals surface area contributed by atoms with Crippen LogP contribution in [0.3, 0.4) is 0 Å². The summed E-state index contributed by atoms with van der Waals surface area (Å²) < 4.78 is 5.13. The van der Waals surface area contributed by atoms with Crippen molar-refractivity contribution in [1.29, 1.82) is 0 Å². The number of nitrogens with zero attached hydrogens (tertiary/aromatic N) is 1. The fourth-order valence-electron chi connectivity index (χ4n) is 2.67. The summed E-state index contributed by atoms with van der Waals surface area (Å²) in [4.78, 5) is 12.2. The van der Waals surface area contributed by atoms with E-state index in [1.807, 2.05) is 49.4 Å². The summed E-state index contributed by atoms with van der Waals surface area (Å²) in [5.41, 5.74) is 5.65. The maximum absolute atomic E-state index is 12.2. The zero-order chi connectivity index (χ0) is 16.2. The number of methoxy groups -OCH3 is 1. The predicted octanol–water partition coefficient (Wildman–Crippen LogP) is 3.34. The summed E-state index contributed by atoms with van der Waals surface area (Å²) in [6, 6.07) is 17.8. The highest BCUT2D eigenvalue weighted by Crippen LogP contribution is 2.47. The van der Waals surface area contributed by atoms with Crippen LogP contribution in [0.5, 0.6) is 5.75 Å². The molecule has 23 heavy (non-hydrogen) atoms. The molecule has 0 spiro atoms. The van der Waals surface area contributed by atoms with Gasteiger partial charge in [-0.15, -0.1) is 0 Å². The van der Waals surface area contributed by atoms with E-state index in [4.69, 9.17) is 4.74 Å². The highest BCUT2D eigenvalue weighted by Gasteiger charge is 2.43. The Balaban J connectivity index is 1.58. The van der Waals surface area contributed by atoms with Gasteiger partial charge in [0.25, 0.3) is 0 Å². The van der Waals surface area contributed by atoms with Crippen molar-refractivity contribution in [2.45, 2.75) is 19.3 Å². The van der Waals surface area contributed by atoms with Gasteiger partial charge in [0, 0.05) is 5.92 Å². The normalized spacial score (nSPS) is 20.0. The Labute approximate surface area is 136 Å². The summed E-state index contributed by atoms with van der Waals surface area (Å²) in [7, 11) is 1.63. The number of hydrazone groups is 1. The van der Waals surface area contributed by atoms with Gasteiger partial charge in [-0.25, -0.2) is 5.43 Å². The molecular formula is C19H20N2O2. The lowest BCUT2D eigenvalue weighted by Crippen LogP contribution is -2.21. The lowest BCUT2D eigenvalue weighted by molar-refractivity contribution is -0.122. The molecule has 1 amide bonds. The maximum Gasteiger partial charge on any atom is 0.243 e. The highest BCUT2D eigenvalue weighted by atomic mass is 16.5. The van der Waals surface area contributed by atoms with Gasteiger partial charge in [0.05, 0.1) is 12.8 Å². The minimum Gasteiger partial charge on any atom is -0.497 e. The van der Waals surface area contributed by atoms with Crippen LogP contribution in [0.2, 0.25) is 0 Å². The molecule has 0 saturated heterocycles. The molecule has 0 radical (unpaired) electrons. The van der Waals surface area contributed by atoms with E-state index in [-0.39, 0.29) is 11.8 Å². The Bertz CT molecular complexity index is 708. The van der Waals surface area contributed by atoms with Crippen LogP contribution in [0, 0.1) is 5.92 Å². The second kappa shape index (κ2) is 6.65. The van der Waals surface area contributed by atoms with E-state index >= 15 is 0 Å². The van der Waals surface area contributed by atoms with Gasteiger partial charge in [0.1, 0.15) is 5.75 Å². The molecule has 1 aliphatic carbocycles. The van der Waals surface area contributed by atoms with E-state index < -0.39 is 0 Å². The summed E-state index contributed by atoms with van der Waals surface area (Å²) >= 11 is 0. The van der Waals surface area contributed by atoms with Crippen molar-refractivity contribution in [1.82, 2.24) is 5.43 Å². The van der Waals surface area contributed by atoms with Gasteiger partial charge < -0.3 is 4.74 Å². The smallest absolute Gasteiger partial charge is 0.243 e. The number of nitrogens with one attached hydrogen (secondary N) is 1. The van der Waals surface area contributed by atoms with Crippen LogP contribution in [0.4, 0.5) is 0 Å². The van der Waals surface area contributed by atoms with Gasteiger partial charge in [-0.05, 0) is 54.7 Å². The lowest BCUT2D eigenvalue weighted by Gasteiger charge is -2.04. The van der Waals surface area contributed by atoms with Crippen molar-refractivity contribution < 1.29 is 9.53 Å². The minimum absolute atomic E-state index is 0.00767. The monoisotopic (exact) mass is 308 g/mol. The van der Waals surface area contributed by atoms with Crippen molar-refractivity contribution in [2.75, 3.05) is 7.11 Å². The van der Waals surface area contributed by atoms with Gasteiger partial charge in [-0.1, -0.05) is 30.3 Å². The van der Waals surface area contributed by atoms with Gasteiger partial charge in [-0.2, -0.15) is 5.10 Å². The zero-order valence-electron chi connectivity index (χ0n) is 13.3. The molecule has 0 heterocycles. The molecule has 4 nitrogen and oxygen atoms in total. The minimum atomic E-state index is -0.00767. The van der Waals surface area contributed by atoms with Crippen molar-refractivity contribution in [2.24, 2.45) is 11.0 Å². The second-order valence-corrected chi connectivity index (χ2v) is 5.76. The topological polar surface area (TPSA) is 50.7 Å². The van der Waals surface area contributed by atoms with Crippen LogP contribution >= 0.6 is 0 Å². The highest BCUT2D eigenvalue weighted by molar-refractivity contribution is 5.99. The van der Waals surface area contributed by atoms with Crippen molar-refractivity contribution in [3.63, 3.8) is 0 Å². The number of benzene rings is 2. The number of hydrogen-bond donors (Lipinski definition) is 1. The molecule has 3 rings (SSSR count). The van der Waals surface area contributed by atoms with Crippen LogP contribution < -0.4 is 10.2 Å². The average molecular weight is 308 g/mol. The third-order valence-electron chi connectivity index (χ3n) is 4.20. The first-order valence-electron chi connectivity index (χ1n) is 7.72. The number of carbonyl (C=O) groups is 1. The van der Waals surface area contributed by atoms with Crippen LogP contribution in [-0.2, 0) is 4.79 Å².